The maximum absolute atomic E-state index is 10.9. The van der Waals surface area contributed by atoms with E-state index in [1.807, 2.05) is 31.2 Å². The number of rotatable bonds is 5. The fraction of sp³-hybridized carbons (Fsp3) is 0.111. The number of ether oxygens (including phenoxy) is 1. The first kappa shape index (κ1) is 14.5. The molecule has 0 saturated heterocycles. The average molecular weight is 277 g/mol. The highest BCUT2D eigenvalue weighted by Crippen LogP contribution is 2.17. The maximum atomic E-state index is 10.9. The molecule has 0 amide bonds. The first-order chi connectivity index (χ1) is 10.2. The van der Waals surface area contributed by atoms with Gasteiger partial charge in [-0.1, -0.05) is 42.0 Å². The van der Waals surface area contributed by atoms with Gasteiger partial charge in [0.2, 0.25) is 0 Å². The van der Waals surface area contributed by atoms with Gasteiger partial charge in [0.25, 0.3) is 0 Å². The maximum Gasteiger partial charge on any atom is 0.153 e. The van der Waals surface area contributed by atoms with Gasteiger partial charge in [-0.15, -0.1) is 0 Å². The second-order valence-corrected chi connectivity index (χ2v) is 4.64. The van der Waals surface area contributed by atoms with Crippen molar-refractivity contribution in [3.63, 3.8) is 0 Å². The summed E-state index contributed by atoms with van der Waals surface area (Å²) in [6.07, 6.45) is 2.52. The summed E-state index contributed by atoms with van der Waals surface area (Å²) in [6.45, 7) is 2.15. The Labute approximate surface area is 124 Å². The van der Waals surface area contributed by atoms with Gasteiger partial charge in [-0.05, 0) is 30.7 Å². The molecule has 104 valence electrons. The standard InChI is InChI=1S/C18H15NO2/c1-14-6-8-15(9-7-14)10-16(11-19)13-21-18-5-3-2-4-17(18)12-20/h2-10,12H,13H2,1H3/b16-10+. The molecule has 0 spiro atoms. The molecule has 0 unspecified atom stereocenters. The number of nitrogens with zero attached hydrogens (tertiary/aromatic N) is 1. The van der Waals surface area contributed by atoms with Crippen LogP contribution in [-0.4, -0.2) is 12.9 Å². The van der Waals surface area contributed by atoms with Gasteiger partial charge in [0.1, 0.15) is 12.4 Å². The van der Waals surface area contributed by atoms with Crippen LogP contribution in [0.4, 0.5) is 0 Å². The molecule has 2 rings (SSSR count). The summed E-state index contributed by atoms with van der Waals surface area (Å²) in [5.74, 6) is 0.484. The van der Waals surface area contributed by atoms with Crippen molar-refractivity contribution < 1.29 is 9.53 Å². The Morgan fingerprint density at radius 3 is 2.57 bits per heavy atom. The molecule has 0 fully saturated rings. The van der Waals surface area contributed by atoms with E-state index in [1.165, 1.54) is 5.56 Å². The van der Waals surface area contributed by atoms with Crippen molar-refractivity contribution in [3.05, 3.63) is 70.8 Å². The van der Waals surface area contributed by atoms with Gasteiger partial charge in [-0.2, -0.15) is 5.26 Å². The van der Waals surface area contributed by atoms with Gasteiger partial charge in [0.05, 0.1) is 17.2 Å². The summed E-state index contributed by atoms with van der Waals surface area (Å²) in [5.41, 5.74) is 3.09. The Balaban J connectivity index is 2.11. The second-order valence-electron chi connectivity index (χ2n) is 4.64. The smallest absolute Gasteiger partial charge is 0.153 e. The predicted molar refractivity (Wildman–Crippen MR) is 82.1 cm³/mol. The zero-order valence-corrected chi connectivity index (χ0v) is 11.7. The number of hydrogen-bond acceptors (Lipinski definition) is 3. The fourth-order valence-corrected chi connectivity index (χ4v) is 1.83. The van der Waals surface area contributed by atoms with Gasteiger partial charge < -0.3 is 4.74 Å². The van der Waals surface area contributed by atoms with Crippen LogP contribution < -0.4 is 4.74 Å². The number of carbonyl (C=O) groups excluding carboxylic acids is 1. The molecule has 3 heteroatoms. The number of aryl methyl sites for hydroxylation is 1. The summed E-state index contributed by atoms with van der Waals surface area (Å²) in [4.78, 5) is 10.9. The number of aldehydes is 1. The number of para-hydroxylation sites is 1. The monoisotopic (exact) mass is 277 g/mol. The van der Waals surface area contributed by atoms with Crippen molar-refractivity contribution in [1.82, 2.24) is 0 Å². The minimum Gasteiger partial charge on any atom is -0.487 e. The van der Waals surface area contributed by atoms with Crippen LogP contribution in [-0.2, 0) is 0 Å². The second kappa shape index (κ2) is 7.06. The molecule has 0 bridgehead atoms. The highest BCUT2D eigenvalue weighted by molar-refractivity contribution is 5.79. The number of benzene rings is 2. The lowest BCUT2D eigenvalue weighted by Crippen LogP contribution is -2.02. The summed E-state index contributed by atoms with van der Waals surface area (Å²) < 4.78 is 5.55. The molecule has 0 saturated carbocycles. The average Bonchev–Trinajstić information content (AvgIpc) is 2.53. The quantitative estimate of drug-likeness (QED) is 0.617. The molecule has 3 nitrogen and oxygen atoms in total. The van der Waals surface area contributed by atoms with Gasteiger partial charge in [-0.25, -0.2) is 0 Å². The molecule has 0 aliphatic heterocycles. The van der Waals surface area contributed by atoms with E-state index in [2.05, 4.69) is 6.07 Å². The van der Waals surface area contributed by atoms with E-state index >= 15 is 0 Å². The molecule has 0 heterocycles. The highest BCUT2D eigenvalue weighted by Gasteiger charge is 2.03. The molecule has 0 atom stereocenters. The number of carbonyl (C=O) groups is 1. The van der Waals surface area contributed by atoms with Crippen LogP contribution in [0.5, 0.6) is 5.75 Å². The number of nitriles is 1. The largest absolute Gasteiger partial charge is 0.487 e. The summed E-state index contributed by atoms with van der Waals surface area (Å²) in [6, 6.07) is 16.9. The minimum atomic E-state index is 0.134. The van der Waals surface area contributed by atoms with Crippen LogP contribution in [0.1, 0.15) is 21.5 Å². The van der Waals surface area contributed by atoms with E-state index in [4.69, 9.17) is 4.74 Å². The van der Waals surface area contributed by atoms with Crippen molar-refractivity contribution in [2.75, 3.05) is 6.61 Å². The summed E-state index contributed by atoms with van der Waals surface area (Å²) >= 11 is 0. The zero-order chi connectivity index (χ0) is 15.1. The first-order valence-corrected chi connectivity index (χ1v) is 6.57. The van der Waals surface area contributed by atoms with Gasteiger partial charge in [-0.3, -0.25) is 4.79 Å². The van der Waals surface area contributed by atoms with Gasteiger partial charge in [0, 0.05) is 0 Å². The Bertz CT molecular complexity index is 694. The van der Waals surface area contributed by atoms with E-state index in [0.717, 1.165) is 11.8 Å². The predicted octanol–water partition coefficient (Wildman–Crippen LogP) is 3.79. The Morgan fingerprint density at radius 1 is 1.19 bits per heavy atom. The molecule has 0 N–H and O–H groups in total. The lowest BCUT2D eigenvalue weighted by Gasteiger charge is -2.07. The minimum absolute atomic E-state index is 0.134. The Kier molecular flexibility index (Phi) is 4.89. The molecule has 0 radical (unpaired) electrons. The van der Waals surface area contributed by atoms with Crippen molar-refractivity contribution >= 4 is 12.4 Å². The van der Waals surface area contributed by atoms with E-state index in [-0.39, 0.29) is 6.61 Å². The van der Waals surface area contributed by atoms with Gasteiger partial charge >= 0.3 is 0 Å². The molecule has 0 aliphatic rings. The molecular weight excluding hydrogens is 262 g/mol. The SMILES string of the molecule is Cc1ccc(/C=C(\C#N)COc2ccccc2C=O)cc1. The third-order valence-electron chi connectivity index (χ3n) is 2.99. The van der Waals surface area contributed by atoms with Crippen molar-refractivity contribution in [1.29, 1.82) is 5.26 Å². The zero-order valence-electron chi connectivity index (χ0n) is 11.7. The molecule has 21 heavy (non-hydrogen) atoms. The van der Waals surface area contributed by atoms with Crippen LogP contribution >= 0.6 is 0 Å². The van der Waals surface area contributed by atoms with E-state index in [1.54, 1.807) is 30.3 Å². The van der Waals surface area contributed by atoms with Crippen LogP contribution in [0.15, 0.2) is 54.1 Å². The van der Waals surface area contributed by atoms with Crippen LogP contribution in [0.3, 0.4) is 0 Å². The van der Waals surface area contributed by atoms with E-state index < -0.39 is 0 Å². The summed E-state index contributed by atoms with van der Waals surface area (Å²) in [5, 5.41) is 9.18. The molecule has 2 aromatic carbocycles. The third-order valence-corrected chi connectivity index (χ3v) is 2.99. The lowest BCUT2D eigenvalue weighted by atomic mass is 10.1. The topological polar surface area (TPSA) is 50.1 Å². The van der Waals surface area contributed by atoms with E-state index in [9.17, 15) is 10.1 Å². The molecule has 0 aromatic heterocycles. The number of hydrogen-bond donors (Lipinski definition) is 0. The summed E-state index contributed by atoms with van der Waals surface area (Å²) in [7, 11) is 0. The van der Waals surface area contributed by atoms with Crippen molar-refractivity contribution in [2.45, 2.75) is 6.92 Å². The highest BCUT2D eigenvalue weighted by atomic mass is 16.5. The van der Waals surface area contributed by atoms with Crippen LogP contribution in [0, 0.1) is 18.3 Å². The fourth-order valence-electron chi connectivity index (χ4n) is 1.83. The first-order valence-electron chi connectivity index (χ1n) is 6.57. The van der Waals surface area contributed by atoms with Crippen molar-refractivity contribution in [3.8, 4) is 11.8 Å². The molecule has 2 aromatic rings. The molecular formula is C18H15NO2. The third kappa shape index (κ3) is 4.05. The Morgan fingerprint density at radius 2 is 1.90 bits per heavy atom. The normalized spacial score (nSPS) is 10.8. The van der Waals surface area contributed by atoms with Gasteiger partial charge in [0.15, 0.2) is 6.29 Å². The lowest BCUT2D eigenvalue weighted by molar-refractivity contribution is 0.112. The van der Waals surface area contributed by atoms with Crippen LogP contribution in [0.2, 0.25) is 0 Å². The van der Waals surface area contributed by atoms with E-state index in [0.29, 0.717) is 16.9 Å². The van der Waals surface area contributed by atoms with Crippen LogP contribution in [0.25, 0.3) is 6.08 Å². The Hall–Kier alpha value is -2.86. The van der Waals surface area contributed by atoms with Crippen molar-refractivity contribution in [2.24, 2.45) is 0 Å². The molecule has 0 aliphatic carbocycles.